The van der Waals surface area contributed by atoms with Crippen LogP contribution in [0.5, 0.6) is 0 Å². The molecule has 11 heteroatoms. The predicted molar refractivity (Wildman–Crippen MR) is 269 cm³/mol. The minimum atomic E-state index is -1.57. The summed E-state index contributed by atoms with van der Waals surface area (Å²) in [6.07, 6.45) is 42.7. The molecule has 1 heterocycles. The first-order valence-electron chi connectivity index (χ1n) is 27.6. The predicted octanol–water partition coefficient (Wildman–Crippen LogP) is 11.8. The number of hydrogen-bond acceptors (Lipinski definition) is 10. The number of amides is 1. The molecule has 0 aromatic rings. The van der Waals surface area contributed by atoms with Crippen molar-refractivity contribution < 1.29 is 49.3 Å². The fourth-order valence-electron chi connectivity index (χ4n) is 8.59. The van der Waals surface area contributed by atoms with E-state index in [-0.39, 0.29) is 18.5 Å². The van der Waals surface area contributed by atoms with E-state index in [1.807, 2.05) is 6.08 Å². The van der Waals surface area contributed by atoms with Crippen LogP contribution >= 0.6 is 0 Å². The van der Waals surface area contributed by atoms with Gasteiger partial charge in [0, 0.05) is 12.8 Å². The van der Waals surface area contributed by atoms with Crippen molar-refractivity contribution in [1.82, 2.24) is 5.32 Å². The van der Waals surface area contributed by atoms with E-state index in [1.165, 1.54) is 161 Å². The zero-order valence-electron chi connectivity index (χ0n) is 42.4. The normalized spacial score (nSPS) is 19.8. The lowest BCUT2D eigenvalue weighted by molar-refractivity contribution is -0.302. The fourth-order valence-corrected chi connectivity index (χ4v) is 8.59. The maximum atomic E-state index is 13.0. The number of carbonyl (C=O) groups is 2. The molecular weight excluding hydrogens is 835 g/mol. The van der Waals surface area contributed by atoms with Crippen molar-refractivity contribution in [2.45, 2.75) is 294 Å². The highest BCUT2D eigenvalue weighted by Crippen LogP contribution is 2.23. The molecule has 7 unspecified atom stereocenters. The first-order valence-corrected chi connectivity index (χ1v) is 27.6. The summed E-state index contributed by atoms with van der Waals surface area (Å²) in [6, 6.07) is -0.811. The van der Waals surface area contributed by atoms with Crippen LogP contribution < -0.4 is 5.32 Å². The second kappa shape index (κ2) is 45.6. The van der Waals surface area contributed by atoms with E-state index >= 15 is 0 Å². The Balaban J connectivity index is 2.06. The van der Waals surface area contributed by atoms with Gasteiger partial charge >= 0.3 is 5.97 Å². The van der Waals surface area contributed by atoms with E-state index in [2.05, 4.69) is 31.3 Å². The number of nitrogens with one attached hydrogen (secondary N) is 1. The molecule has 0 aliphatic carbocycles. The highest BCUT2D eigenvalue weighted by molar-refractivity contribution is 5.76. The molecule has 388 valence electrons. The summed E-state index contributed by atoms with van der Waals surface area (Å²) in [7, 11) is 0. The zero-order valence-corrected chi connectivity index (χ0v) is 42.4. The molecule has 1 saturated heterocycles. The number of carbonyl (C=O) groups excluding carboxylic acids is 2. The van der Waals surface area contributed by atoms with Crippen molar-refractivity contribution in [2.24, 2.45) is 0 Å². The number of aliphatic hydroxyl groups excluding tert-OH is 5. The van der Waals surface area contributed by atoms with Gasteiger partial charge in [0.15, 0.2) is 6.29 Å². The van der Waals surface area contributed by atoms with E-state index in [1.54, 1.807) is 6.08 Å². The summed E-state index contributed by atoms with van der Waals surface area (Å²) in [5.41, 5.74) is 0. The number of ether oxygens (including phenoxy) is 3. The van der Waals surface area contributed by atoms with E-state index in [4.69, 9.17) is 14.2 Å². The van der Waals surface area contributed by atoms with Crippen LogP contribution in [0.1, 0.15) is 251 Å². The Hall–Kier alpha value is -1.86. The molecule has 6 N–H and O–H groups in total. The van der Waals surface area contributed by atoms with Crippen LogP contribution in [0.4, 0.5) is 0 Å². The summed E-state index contributed by atoms with van der Waals surface area (Å²) in [5, 5.41) is 54.1. The van der Waals surface area contributed by atoms with Crippen molar-refractivity contribution >= 4 is 11.9 Å². The molecule has 0 saturated carbocycles. The van der Waals surface area contributed by atoms with Crippen molar-refractivity contribution in [3.8, 4) is 0 Å². The van der Waals surface area contributed by atoms with Gasteiger partial charge in [0.05, 0.1) is 32.0 Å². The third-order valence-electron chi connectivity index (χ3n) is 13.1. The Morgan fingerprint density at radius 1 is 0.545 bits per heavy atom. The van der Waals surface area contributed by atoms with Gasteiger partial charge in [-0.3, -0.25) is 9.59 Å². The monoisotopic (exact) mass is 938 g/mol. The lowest BCUT2D eigenvalue weighted by Gasteiger charge is -2.40. The quantitative estimate of drug-likeness (QED) is 0.0196. The Labute approximate surface area is 403 Å². The van der Waals surface area contributed by atoms with Crippen molar-refractivity contribution in [2.75, 3.05) is 19.8 Å². The van der Waals surface area contributed by atoms with Gasteiger partial charge in [0.25, 0.3) is 0 Å². The Bertz CT molecular complexity index is 1150. The van der Waals surface area contributed by atoms with Gasteiger partial charge in [-0.1, -0.05) is 212 Å². The van der Waals surface area contributed by atoms with Gasteiger partial charge in [-0.15, -0.1) is 0 Å². The van der Waals surface area contributed by atoms with Crippen LogP contribution in [0.15, 0.2) is 24.3 Å². The number of esters is 1. The fraction of sp³-hybridized carbons (Fsp3) is 0.891. The van der Waals surface area contributed by atoms with E-state index in [0.717, 1.165) is 64.2 Å². The van der Waals surface area contributed by atoms with E-state index in [0.29, 0.717) is 19.4 Å². The van der Waals surface area contributed by atoms with Crippen molar-refractivity contribution in [1.29, 1.82) is 0 Å². The number of rotatable bonds is 47. The maximum Gasteiger partial charge on any atom is 0.305 e. The Kier molecular flexibility index (Phi) is 42.9. The molecule has 1 amide bonds. The van der Waals surface area contributed by atoms with Crippen LogP contribution in [-0.2, 0) is 23.8 Å². The smallest absolute Gasteiger partial charge is 0.305 e. The summed E-state index contributed by atoms with van der Waals surface area (Å²) in [4.78, 5) is 25.0. The highest BCUT2D eigenvalue weighted by atomic mass is 16.7. The summed E-state index contributed by atoms with van der Waals surface area (Å²) >= 11 is 0. The van der Waals surface area contributed by atoms with Gasteiger partial charge in [0.1, 0.15) is 24.4 Å². The van der Waals surface area contributed by atoms with Gasteiger partial charge < -0.3 is 45.1 Å². The van der Waals surface area contributed by atoms with Crippen molar-refractivity contribution in [3.63, 3.8) is 0 Å². The number of allylic oxidation sites excluding steroid dienone is 3. The van der Waals surface area contributed by atoms with Gasteiger partial charge in [-0.2, -0.15) is 0 Å². The first-order chi connectivity index (χ1) is 32.2. The molecule has 1 fully saturated rings. The summed E-state index contributed by atoms with van der Waals surface area (Å²) < 4.78 is 16.6. The zero-order chi connectivity index (χ0) is 48.1. The second-order valence-electron chi connectivity index (χ2n) is 19.3. The molecule has 66 heavy (non-hydrogen) atoms. The molecule has 11 nitrogen and oxygen atoms in total. The molecule has 7 atom stereocenters. The molecule has 1 rings (SSSR count). The number of hydrogen-bond donors (Lipinski definition) is 6. The molecular formula is C55H103NO10. The molecule has 0 radical (unpaired) electrons. The third-order valence-corrected chi connectivity index (χ3v) is 13.1. The summed E-state index contributed by atoms with van der Waals surface area (Å²) in [6.45, 7) is 4.26. The molecule has 0 aromatic carbocycles. The van der Waals surface area contributed by atoms with Crippen LogP contribution in [0, 0.1) is 0 Å². The third kappa shape index (κ3) is 35.3. The standard InChI is InChI=1S/C55H103NO10/c1-3-5-7-9-11-13-22-27-31-35-39-43-51(60)64-44-40-36-32-28-24-21-19-17-15-14-16-18-20-23-26-30-34-38-42-50(59)56-47(48(58)41-37-33-29-25-12-10-8-6-4-2)46-65-55-54(63)53(62)52(61)49(45-57)66-55/h9,11,37,41,47-49,52-55,57-58,61-63H,3-8,10,12-36,38-40,42-46H2,1-2H3,(H,56,59)/b11-9-,41-37+. The Morgan fingerprint density at radius 3 is 1.50 bits per heavy atom. The summed E-state index contributed by atoms with van der Waals surface area (Å²) in [5.74, 6) is -0.208. The lowest BCUT2D eigenvalue weighted by atomic mass is 9.99. The van der Waals surface area contributed by atoms with Crippen LogP contribution in [0.2, 0.25) is 0 Å². The van der Waals surface area contributed by atoms with Crippen molar-refractivity contribution in [3.05, 3.63) is 24.3 Å². The van der Waals surface area contributed by atoms with Crippen LogP contribution in [0.3, 0.4) is 0 Å². The minimum absolute atomic E-state index is 0.0199. The molecule has 0 aromatic heterocycles. The molecule has 1 aliphatic rings. The number of aliphatic hydroxyl groups is 5. The van der Waals surface area contributed by atoms with Gasteiger partial charge in [-0.05, 0) is 51.4 Å². The molecule has 0 spiro atoms. The SMILES string of the molecule is CCCC/C=C\CCCCCCCC(=O)OCCCCCCCCCCCCCCCCCCCCC(=O)NC(COC1OC(CO)C(O)C(O)C1O)C(O)/C=C/CCCCCCCCC. The van der Waals surface area contributed by atoms with E-state index in [9.17, 15) is 35.1 Å². The van der Waals surface area contributed by atoms with E-state index < -0.39 is 49.5 Å². The van der Waals surface area contributed by atoms with Crippen LogP contribution in [0.25, 0.3) is 0 Å². The maximum absolute atomic E-state index is 13.0. The lowest BCUT2D eigenvalue weighted by Crippen LogP contribution is -2.60. The Morgan fingerprint density at radius 2 is 0.985 bits per heavy atom. The van der Waals surface area contributed by atoms with Crippen LogP contribution in [-0.4, -0.2) is 100 Å². The minimum Gasteiger partial charge on any atom is -0.466 e. The average Bonchev–Trinajstić information content (AvgIpc) is 3.31. The van der Waals surface area contributed by atoms with Gasteiger partial charge in [-0.25, -0.2) is 0 Å². The first kappa shape index (κ1) is 62.2. The van der Waals surface area contributed by atoms with Gasteiger partial charge in [0.2, 0.25) is 5.91 Å². The highest BCUT2D eigenvalue weighted by Gasteiger charge is 2.44. The molecule has 1 aliphatic heterocycles. The number of unbranched alkanes of at least 4 members (excludes halogenated alkanes) is 31. The largest absolute Gasteiger partial charge is 0.466 e. The topological polar surface area (TPSA) is 175 Å². The molecule has 0 bridgehead atoms. The second-order valence-corrected chi connectivity index (χ2v) is 19.3. The average molecular weight is 938 g/mol.